The van der Waals surface area contributed by atoms with Crippen molar-refractivity contribution >= 4 is 0 Å². The van der Waals surface area contributed by atoms with Crippen LogP contribution in [0.2, 0.25) is 0 Å². The Bertz CT molecular complexity index is 280. The standard InChI is InChI=1S/C19H36/c1-7-9-17(14(2)3)10-8-11-18-13-19(15(4)5)12-16(18)6/h15-16,18-19H,7-13H2,1-6H3. The maximum absolute atomic E-state index is 2.49. The quantitative estimate of drug-likeness (QED) is 0.454. The molecule has 0 nitrogen and oxygen atoms in total. The number of rotatable bonds is 7. The molecule has 0 heterocycles. The van der Waals surface area contributed by atoms with E-state index in [9.17, 15) is 0 Å². The Kier molecular flexibility index (Phi) is 7.18. The third kappa shape index (κ3) is 5.32. The molecule has 0 N–H and O–H groups in total. The van der Waals surface area contributed by atoms with Crippen LogP contribution in [0.25, 0.3) is 0 Å². The Morgan fingerprint density at radius 3 is 2.26 bits per heavy atom. The van der Waals surface area contributed by atoms with Gasteiger partial charge in [-0.1, -0.05) is 45.3 Å². The molecule has 1 aliphatic rings. The average molecular weight is 264 g/mol. The molecule has 1 aliphatic carbocycles. The lowest BCUT2D eigenvalue weighted by Crippen LogP contribution is -2.05. The summed E-state index contributed by atoms with van der Waals surface area (Å²) < 4.78 is 0. The summed E-state index contributed by atoms with van der Waals surface area (Å²) in [7, 11) is 0. The zero-order valence-corrected chi connectivity index (χ0v) is 14.3. The van der Waals surface area contributed by atoms with E-state index in [1.165, 1.54) is 44.9 Å². The van der Waals surface area contributed by atoms with Crippen LogP contribution in [-0.2, 0) is 0 Å². The Morgan fingerprint density at radius 2 is 1.79 bits per heavy atom. The van der Waals surface area contributed by atoms with E-state index in [0.717, 1.165) is 23.7 Å². The highest BCUT2D eigenvalue weighted by Gasteiger charge is 2.32. The minimum atomic E-state index is 0.890. The van der Waals surface area contributed by atoms with Crippen molar-refractivity contribution in [2.75, 3.05) is 0 Å². The van der Waals surface area contributed by atoms with Gasteiger partial charge in [0.25, 0.3) is 0 Å². The second kappa shape index (κ2) is 8.12. The highest BCUT2D eigenvalue weighted by atomic mass is 14.4. The van der Waals surface area contributed by atoms with Crippen LogP contribution in [-0.4, -0.2) is 0 Å². The van der Waals surface area contributed by atoms with Crippen molar-refractivity contribution in [2.24, 2.45) is 23.7 Å². The first-order chi connectivity index (χ1) is 8.95. The predicted octanol–water partition coefficient (Wildman–Crippen LogP) is 6.61. The van der Waals surface area contributed by atoms with Crippen molar-refractivity contribution < 1.29 is 0 Å². The topological polar surface area (TPSA) is 0 Å². The summed E-state index contributed by atoms with van der Waals surface area (Å²) in [5.74, 6) is 3.86. The van der Waals surface area contributed by atoms with E-state index in [0.29, 0.717) is 0 Å². The van der Waals surface area contributed by atoms with Gasteiger partial charge in [-0.15, -0.1) is 0 Å². The largest absolute Gasteiger partial charge is 0.0772 e. The summed E-state index contributed by atoms with van der Waals surface area (Å²) in [6.07, 6.45) is 9.83. The van der Waals surface area contributed by atoms with Crippen molar-refractivity contribution in [1.82, 2.24) is 0 Å². The molecule has 0 aliphatic heterocycles. The summed E-state index contributed by atoms with van der Waals surface area (Å²) in [5.41, 5.74) is 3.30. The van der Waals surface area contributed by atoms with Crippen molar-refractivity contribution in [3.63, 3.8) is 0 Å². The van der Waals surface area contributed by atoms with E-state index in [4.69, 9.17) is 0 Å². The second-order valence-corrected chi connectivity index (χ2v) is 7.46. The van der Waals surface area contributed by atoms with Crippen LogP contribution in [0.4, 0.5) is 0 Å². The van der Waals surface area contributed by atoms with Crippen molar-refractivity contribution in [2.45, 2.75) is 86.5 Å². The first kappa shape index (κ1) is 16.8. The molecule has 0 spiro atoms. The molecule has 1 rings (SSSR count). The summed E-state index contributed by atoms with van der Waals surface area (Å²) in [5, 5.41) is 0. The van der Waals surface area contributed by atoms with E-state index < -0.39 is 0 Å². The molecular formula is C19H36. The molecule has 0 bridgehead atoms. The van der Waals surface area contributed by atoms with Gasteiger partial charge in [-0.2, -0.15) is 0 Å². The highest BCUT2D eigenvalue weighted by Crippen LogP contribution is 2.42. The molecule has 0 saturated heterocycles. The van der Waals surface area contributed by atoms with Crippen LogP contribution in [0, 0.1) is 23.7 Å². The molecule has 0 amide bonds. The molecule has 3 unspecified atom stereocenters. The molecule has 0 heteroatoms. The second-order valence-electron chi connectivity index (χ2n) is 7.46. The Hall–Kier alpha value is -0.260. The normalized spacial score (nSPS) is 27.0. The van der Waals surface area contributed by atoms with E-state index in [1.54, 1.807) is 11.1 Å². The molecule has 19 heavy (non-hydrogen) atoms. The maximum Gasteiger partial charge on any atom is -0.0318 e. The van der Waals surface area contributed by atoms with Crippen molar-refractivity contribution in [3.05, 3.63) is 11.1 Å². The third-order valence-electron chi connectivity index (χ3n) is 5.34. The van der Waals surface area contributed by atoms with Crippen LogP contribution >= 0.6 is 0 Å². The van der Waals surface area contributed by atoms with Gasteiger partial charge >= 0.3 is 0 Å². The fourth-order valence-corrected chi connectivity index (χ4v) is 3.84. The molecule has 1 saturated carbocycles. The van der Waals surface area contributed by atoms with Crippen molar-refractivity contribution in [3.8, 4) is 0 Å². The Balaban J connectivity index is 2.35. The van der Waals surface area contributed by atoms with Crippen LogP contribution in [0.1, 0.15) is 86.5 Å². The van der Waals surface area contributed by atoms with Crippen LogP contribution in [0.3, 0.4) is 0 Å². The summed E-state index contributed by atoms with van der Waals surface area (Å²) in [6, 6.07) is 0. The van der Waals surface area contributed by atoms with Gasteiger partial charge in [0.05, 0.1) is 0 Å². The Labute approximate surface area is 122 Å². The van der Waals surface area contributed by atoms with Crippen molar-refractivity contribution in [1.29, 1.82) is 0 Å². The average Bonchev–Trinajstić information content (AvgIpc) is 2.70. The van der Waals surface area contributed by atoms with Crippen LogP contribution < -0.4 is 0 Å². The predicted molar refractivity (Wildman–Crippen MR) is 87.3 cm³/mol. The van der Waals surface area contributed by atoms with Crippen LogP contribution in [0.15, 0.2) is 11.1 Å². The monoisotopic (exact) mass is 264 g/mol. The molecule has 0 aromatic rings. The van der Waals surface area contributed by atoms with Gasteiger partial charge in [0.2, 0.25) is 0 Å². The summed E-state index contributed by atoms with van der Waals surface area (Å²) >= 11 is 0. The van der Waals surface area contributed by atoms with Gasteiger partial charge < -0.3 is 0 Å². The molecular weight excluding hydrogens is 228 g/mol. The molecule has 3 atom stereocenters. The highest BCUT2D eigenvalue weighted by molar-refractivity contribution is 5.09. The number of allylic oxidation sites excluding steroid dienone is 2. The minimum absolute atomic E-state index is 0.890. The van der Waals surface area contributed by atoms with Gasteiger partial charge in [-0.3, -0.25) is 0 Å². The fraction of sp³-hybridized carbons (Fsp3) is 0.895. The lowest BCUT2D eigenvalue weighted by Gasteiger charge is -2.16. The van der Waals surface area contributed by atoms with Gasteiger partial charge in [0, 0.05) is 0 Å². The molecule has 0 aromatic carbocycles. The SMILES string of the molecule is CCCC(CCCC1CC(C(C)C)CC1C)=C(C)C. The zero-order chi connectivity index (χ0) is 14.4. The van der Waals surface area contributed by atoms with E-state index in [1.807, 2.05) is 0 Å². The maximum atomic E-state index is 2.49. The summed E-state index contributed by atoms with van der Waals surface area (Å²) in [6.45, 7) is 14.2. The first-order valence-electron chi connectivity index (χ1n) is 8.60. The smallest absolute Gasteiger partial charge is 0.0318 e. The van der Waals surface area contributed by atoms with Crippen LogP contribution in [0.5, 0.6) is 0 Å². The van der Waals surface area contributed by atoms with Gasteiger partial charge in [-0.25, -0.2) is 0 Å². The number of hydrogen-bond acceptors (Lipinski definition) is 0. The van der Waals surface area contributed by atoms with Gasteiger partial charge in [0.15, 0.2) is 0 Å². The minimum Gasteiger partial charge on any atom is -0.0772 e. The summed E-state index contributed by atoms with van der Waals surface area (Å²) in [4.78, 5) is 0. The molecule has 112 valence electrons. The third-order valence-corrected chi connectivity index (χ3v) is 5.34. The van der Waals surface area contributed by atoms with Gasteiger partial charge in [-0.05, 0) is 76.0 Å². The van der Waals surface area contributed by atoms with E-state index in [2.05, 4.69) is 41.5 Å². The fourth-order valence-electron chi connectivity index (χ4n) is 3.84. The van der Waals surface area contributed by atoms with E-state index >= 15 is 0 Å². The van der Waals surface area contributed by atoms with E-state index in [-0.39, 0.29) is 0 Å². The first-order valence-corrected chi connectivity index (χ1v) is 8.60. The number of hydrogen-bond donors (Lipinski definition) is 0. The molecule has 1 fully saturated rings. The Morgan fingerprint density at radius 1 is 1.11 bits per heavy atom. The molecule has 0 aromatic heterocycles. The zero-order valence-electron chi connectivity index (χ0n) is 14.3. The molecule has 0 radical (unpaired) electrons. The lowest BCUT2D eigenvalue weighted by atomic mass is 9.89. The van der Waals surface area contributed by atoms with Gasteiger partial charge in [0.1, 0.15) is 0 Å². The lowest BCUT2D eigenvalue weighted by molar-refractivity contribution is 0.365.